The van der Waals surface area contributed by atoms with Crippen molar-refractivity contribution in [3.63, 3.8) is 0 Å². The molecule has 86 valence electrons. The summed E-state index contributed by atoms with van der Waals surface area (Å²) in [6.07, 6.45) is 1.99. The number of rotatable bonds is 5. The number of aromatic nitrogens is 3. The second-order valence-electron chi connectivity index (χ2n) is 4.48. The first kappa shape index (κ1) is 12.1. The summed E-state index contributed by atoms with van der Waals surface area (Å²) in [5.41, 5.74) is 0.817. The number of hydrogen-bond acceptors (Lipinski definition) is 4. The van der Waals surface area contributed by atoms with Crippen LogP contribution in [0.15, 0.2) is 6.20 Å². The van der Waals surface area contributed by atoms with Gasteiger partial charge in [-0.15, -0.1) is 5.10 Å². The van der Waals surface area contributed by atoms with Crippen molar-refractivity contribution in [1.82, 2.24) is 25.2 Å². The van der Waals surface area contributed by atoms with Crippen LogP contribution in [0.2, 0.25) is 0 Å². The highest BCUT2D eigenvalue weighted by Gasteiger charge is 2.19. The first-order valence-electron chi connectivity index (χ1n) is 5.27. The third-order valence-electron chi connectivity index (χ3n) is 2.20. The van der Waals surface area contributed by atoms with Crippen molar-refractivity contribution in [1.29, 1.82) is 0 Å². The molecular weight excluding hydrogens is 190 g/mol. The Kier molecular flexibility index (Phi) is 3.82. The van der Waals surface area contributed by atoms with Crippen molar-refractivity contribution in [2.45, 2.75) is 33.0 Å². The van der Waals surface area contributed by atoms with E-state index in [0.29, 0.717) is 0 Å². The fourth-order valence-electron chi connectivity index (χ4n) is 1.48. The topological polar surface area (TPSA) is 46.0 Å². The van der Waals surface area contributed by atoms with Crippen LogP contribution < -0.4 is 5.32 Å². The van der Waals surface area contributed by atoms with Crippen LogP contribution in [0.4, 0.5) is 0 Å². The quantitative estimate of drug-likeness (QED) is 0.776. The van der Waals surface area contributed by atoms with Gasteiger partial charge in [0.25, 0.3) is 0 Å². The fourth-order valence-corrected chi connectivity index (χ4v) is 1.48. The van der Waals surface area contributed by atoms with Crippen molar-refractivity contribution in [3.05, 3.63) is 11.9 Å². The molecule has 0 saturated heterocycles. The number of nitrogens with zero attached hydrogens (tertiary/aromatic N) is 4. The normalized spacial score (nSPS) is 12.4. The van der Waals surface area contributed by atoms with Gasteiger partial charge >= 0.3 is 0 Å². The molecule has 0 amide bonds. The SMILES string of the molecule is CCNC(C)(C)n1cc(CN(C)C)nn1. The monoisotopic (exact) mass is 211 g/mol. The lowest BCUT2D eigenvalue weighted by Crippen LogP contribution is -2.42. The average Bonchev–Trinajstić information content (AvgIpc) is 2.51. The van der Waals surface area contributed by atoms with Crippen molar-refractivity contribution >= 4 is 0 Å². The Hall–Kier alpha value is -0.940. The molecule has 1 rings (SSSR count). The molecule has 0 spiro atoms. The summed E-state index contributed by atoms with van der Waals surface area (Å²) in [6.45, 7) is 7.99. The lowest BCUT2D eigenvalue weighted by atomic mass is 10.2. The van der Waals surface area contributed by atoms with E-state index in [1.165, 1.54) is 0 Å². The van der Waals surface area contributed by atoms with Gasteiger partial charge in [-0.05, 0) is 34.5 Å². The predicted molar refractivity (Wildman–Crippen MR) is 60.4 cm³/mol. The molecule has 1 aromatic rings. The van der Waals surface area contributed by atoms with Crippen LogP contribution in [0.1, 0.15) is 26.5 Å². The molecule has 0 unspecified atom stereocenters. The zero-order valence-corrected chi connectivity index (χ0v) is 10.3. The van der Waals surface area contributed by atoms with Crippen molar-refractivity contribution in [2.75, 3.05) is 20.6 Å². The Balaban J connectivity index is 2.74. The molecule has 0 radical (unpaired) electrons. The van der Waals surface area contributed by atoms with Gasteiger partial charge in [-0.2, -0.15) is 0 Å². The lowest BCUT2D eigenvalue weighted by Gasteiger charge is -2.25. The molecule has 1 aromatic heterocycles. The summed E-state index contributed by atoms with van der Waals surface area (Å²) in [6, 6.07) is 0. The molecular formula is C10H21N5. The van der Waals surface area contributed by atoms with E-state index in [0.717, 1.165) is 18.8 Å². The third-order valence-corrected chi connectivity index (χ3v) is 2.20. The zero-order chi connectivity index (χ0) is 11.5. The maximum Gasteiger partial charge on any atom is 0.108 e. The van der Waals surface area contributed by atoms with Crippen LogP contribution >= 0.6 is 0 Å². The molecule has 5 heteroatoms. The summed E-state index contributed by atoms with van der Waals surface area (Å²) < 4.78 is 1.87. The van der Waals surface area contributed by atoms with E-state index in [1.54, 1.807) is 0 Å². The van der Waals surface area contributed by atoms with E-state index in [4.69, 9.17) is 0 Å². The summed E-state index contributed by atoms with van der Waals surface area (Å²) in [5.74, 6) is 0. The van der Waals surface area contributed by atoms with Gasteiger partial charge in [-0.1, -0.05) is 12.1 Å². The maximum absolute atomic E-state index is 4.14. The van der Waals surface area contributed by atoms with Gasteiger partial charge in [0, 0.05) is 6.54 Å². The average molecular weight is 211 g/mol. The van der Waals surface area contributed by atoms with E-state index in [-0.39, 0.29) is 5.66 Å². The predicted octanol–water partition coefficient (Wildman–Crippen LogP) is 0.642. The molecule has 0 atom stereocenters. The molecule has 1 heterocycles. The van der Waals surface area contributed by atoms with Gasteiger partial charge in [0.05, 0.1) is 11.9 Å². The highest BCUT2D eigenvalue weighted by molar-refractivity contribution is 4.94. The molecule has 0 aromatic carbocycles. The first-order valence-corrected chi connectivity index (χ1v) is 5.27. The van der Waals surface area contributed by atoms with E-state index < -0.39 is 0 Å². The van der Waals surface area contributed by atoms with Crippen molar-refractivity contribution < 1.29 is 0 Å². The summed E-state index contributed by atoms with van der Waals surface area (Å²) >= 11 is 0. The van der Waals surface area contributed by atoms with Crippen LogP contribution in [0.25, 0.3) is 0 Å². The summed E-state index contributed by atoms with van der Waals surface area (Å²) in [5, 5.41) is 11.6. The standard InChI is InChI=1S/C10H21N5/c1-6-11-10(2,3)15-8-9(12-13-15)7-14(4)5/h8,11H,6-7H2,1-5H3. The minimum absolute atomic E-state index is 0.174. The van der Waals surface area contributed by atoms with Crippen LogP contribution in [0, 0.1) is 0 Å². The second kappa shape index (κ2) is 4.72. The van der Waals surface area contributed by atoms with Crippen molar-refractivity contribution in [2.24, 2.45) is 0 Å². The lowest BCUT2D eigenvalue weighted by molar-refractivity contribution is 0.246. The number of nitrogens with one attached hydrogen (secondary N) is 1. The molecule has 15 heavy (non-hydrogen) atoms. The minimum atomic E-state index is -0.174. The molecule has 0 saturated carbocycles. The van der Waals surface area contributed by atoms with E-state index >= 15 is 0 Å². The molecule has 0 aliphatic heterocycles. The summed E-state index contributed by atoms with van der Waals surface area (Å²) in [7, 11) is 4.04. The zero-order valence-electron chi connectivity index (χ0n) is 10.3. The fraction of sp³-hybridized carbons (Fsp3) is 0.800. The Morgan fingerprint density at radius 3 is 2.67 bits per heavy atom. The van der Waals surface area contributed by atoms with E-state index in [9.17, 15) is 0 Å². The molecule has 5 nitrogen and oxygen atoms in total. The highest BCUT2D eigenvalue weighted by Crippen LogP contribution is 2.09. The highest BCUT2D eigenvalue weighted by atomic mass is 15.5. The van der Waals surface area contributed by atoms with Gasteiger partial charge in [0.15, 0.2) is 0 Å². The van der Waals surface area contributed by atoms with Crippen LogP contribution in [0.5, 0.6) is 0 Å². The molecule has 1 N–H and O–H groups in total. The molecule has 0 fully saturated rings. The molecule has 0 aliphatic rings. The Labute approximate surface area is 91.5 Å². The third kappa shape index (κ3) is 3.28. The largest absolute Gasteiger partial charge is 0.303 e. The van der Waals surface area contributed by atoms with Gasteiger partial charge < -0.3 is 4.90 Å². The first-order chi connectivity index (χ1) is 6.95. The van der Waals surface area contributed by atoms with Gasteiger partial charge in [0.2, 0.25) is 0 Å². The van der Waals surface area contributed by atoms with E-state index in [2.05, 4.69) is 41.3 Å². The smallest absolute Gasteiger partial charge is 0.108 e. The molecule has 0 bridgehead atoms. The van der Waals surface area contributed by atoms with Gasteiger partial charge in [0.1, 0.15) is 5.66 Å². The second-order valence-corrected chi connectivity index (χ2v) is 4.48. The van der Waals surface area contributed by atoms with E-state index in [1.807, 2.05) is 25.0 Å². The summed E-state index contributed by atoms with van der Waals surface area (Å²) in [4.78, 5) is 2.08. The Morgan fingerprint density at radius 1 is 1.47 bits per heavy atom. The van der Waals surface area contributed by atoms with Crippen LogP contribution in [-0.2, 0) is 12.2 Å². The van der Waals surface area contributed by atoms with Gasteiger partial charge in [-0.25, -0.2) is 4.68 Å². The van der Waals surface area contributed by atoms with Crippen LogP contribution in [0.3, 0.4) is 0 Å². The number of hydrogen-bond donors (Lipinski definition) is 1. The Morgan fingerprint density at radius 2 is 2.13 bits per heavy atom. The van der Waals surface area contributed by atoms with Gasteiger partial charge in [-0.3, -0.25) is 5.32 Å². The minimum Gasteiger partial charge on any atom is -0.303 e. The van der Waals surface area contributed by atoms with Crippen molar-refractivity contribution in [3.8, 4) is 0 Å². The molecule has 0 aliphatic carbocycles. The Bertz CT molecular complexity index is 303. The van der Waals surface area contributed by atoms with Crippen LogP contribution in [-0.4, -0.2) is 40.5 Å². The maximum atomic E-state index is 4.14.